The number of rotatable bonds is 20. The van der Waals surface area contributed by atoms with Gasteiger partial charge in [-0.1, -0.05) is 70.8 Å². The highest BCUT2D eigenvalue weighted by Crippen LogP contribution is 2.40. The first-order valence-corrected chi connectivity index (χ1v) is 34.1. The van der Waals surface area contributed by atoms with E-state index in [0.29, 0.717) is 0 Å². The molecular weight excluding hydrogens is 1260 g/mol. The van der Waals surface area contributed by atoms with E-state index in [2.05, 4.69) is 0 Å². The van der Waals surface area contributed by atoms with Gasteiger partial charge in [-0.2, -0.15) is 33.7 Å². The number of aryl methyl sites for hydroxylation is 4. The molecule has 0 unspecified atom stereocenters. The largest absolute Gasteiger partial charge is 0.469 e. The molecule has 0 aliphatic heterocycles. The minimum Gasteiger partial charge on any atom is -0.469 e. The normalized spacial score (nSPS) is 12.4. The first kappa shape index (κ1) is 67.0. The molecule has 0 fully saturated rings. The van der Waals surface area contributed by atoms with Crippen LogP contribution in [0.2, 0.25) is 0 Å². The van der Waals surface area contributed by atoms with Gasteiger partial charge >= 0.3 is 64.3 Å². The third-order valence-corrected chi connectivity index (χ3v) is 20.5. The molecule has 0 radical (unpaired) electrons. The summed E-state index contributed by atoms with van der Waals surface area (Å²) >= 11 is 0. The van der Waals surface area contributed by atoms with Gasteiger partial charge in [-0.05, 0) is 217 Å². The average molecular weight is 1330 g/mol. The van der Waals surface area contributed by atoms with Crippen molar-refractivity contribution in [1.29, 1.82) is 0 Å². The second-order valence-electron chi connectivity index (χ2n) is 22.0. The summed E-state index contributed by atoms with van der Waals surface area (Å²) < 4.78 is 160. The van der Waals surface area contributed by atoms with Crippen molar-refractivity contribution in [2.75, 3.05) is 28.4 Å². The van der Waals surface area contributed by atoms with Crippen molar-refractivity contribution in [2.24, 2.45) is 0 Å². The van der Waals surface area contributed by atoms with Crippen LogP contribution in [0.15, 0.2) is 165 Å². The van der Waals surface area contributed by atoms with Crippen LogP contribution in [-0.2, 0) is 130 Å². The summed E-state index contributed by atoms with van der Waals surface area (Å²) in [6.45, 7) is 7.05. The number of benzene rings is 8. The highest BCUT2D eigenvalue weighted by molar-refractivity contribution is 7.88. The van der Waals surface area contributed by atoms with E-state index < -0.39 is 116 Å². The average Bonchev–Trinajstić information content (AvgIpc) is 0.772. The molecule has 8 bridgehead atoms. The highest BCUT2D eigenvalue weighted by Gasteiger charge is 2.30. The highest BCUT2D eigenvalue weighted by atomic mass is 32.2. The number of fused-ring (bicyclic) bond motifs is 8. The van der Waals surface area contributed by atoms with Crippen molar-refractivity contribution in [2.45, 2.75) is 98.6 Å². The van der Waals surface area contributed by atoms with Gasteiger partial charge in [-0.25, -0.2) is 0 Å². The summed E-state index contributed by atoms with van der Waals surface area (Å²) in [6.07, 6.45) is -3.69. The van der Waals surface area contributed by atoms with Crippen LogP contribution in [0.1, 0.15) is 89.0 Å². The Morgan fingerprint density at radius 1 is 0.283 bits per heavy atom. The number of hydrogen-bond acceptors (Lipinski definition) is 20. The summed E-state index contributed by atoms with van der Waals surface area (Å²) in [7, 11) is -14.1. The van der Waals surface area contributed by atoms with Crippen LogP contribution in [-0.4, -0.2) is 86.0 Å². The maximum Gasteiger partial charge on any atom is 0.339 e. The number of ether oxygens (including phenoxy) is 4. The molecule has 0 N–H and O–H groups in total. The second-order valence-corrected chi connectivity index (χ2v) is 28.2. The van der Waals surface area contributed by atoms with E-state index in [0.717, 1.165) is 50.7 Å². The van der Waals surface area contributed by atoms with Gasteiger partial charge in [0, 0.05) is 0 Å². The maximum atomic E-state index is 14.4. The van der Waals surface area contributed by atoms with Crippen LogP contribution in [0.4, 0.5) is 0 Å². The van der Waals surface area contributed by atoms with Crippen LogP contribution in [0, 0.1) is 27.7 Å². The molecule has 0 heterocycles. The molecular formula is C68H64O20S4. The standard InChI is InChI=1S/C68H64O20S4/c1-41-9-17-57(18-10-41)89(73,74)85-53-29-45-25-47-31-54(86-90(75,76)58-19-11-42(2)12-20-58)33-49(62(47)38-66(70)82-6)27-51-35-56(88-92(79,80)60-23-15-44(4)16-24-60)36-52(64(51)40-68(72)84-8)28-50-34-55(87-91(77,78)59-21-13-43(3)14-22-59)32-48(63(50)39-67(71)83-7)26-46(30-53)61(45)37-65(69)81-5/h9-24,29-36H,25-28,37-40H2,1-8H3. The molecule has 92 heavy (non-hydrogen) atoms. The van der Waals surface area contributed by atoms with Crippen LogP contribution in [0.5, 0.6) is 23.0 Å². The van der Waals surface area contributed by atoms with Crippen molar-refractivity contribution in [3.05, 3.63) is 235 Å². The lowest BCUT2D eigenvalue weighted by Crippen LogP contribution is -2.18. The zero-order valence-electron chi connectivity index (χ0n) is 51.3. The molecule has 480 valence electrons. The fourth-order valence-electron chi connectivity index (χ4n) is 10.6. The summed E-state index contributed by atoms with van der Waals surface area (Å²) in [4.78, 5) is 54.7. The monoisotopic (exact) mass is 1330 g/mol. The van der Waals surface area contributed by atoms with Gasteiger partial charge in [0.25, 0.3) is 0 Å². The number of methoxy groups -OCH3 is 4. The molecule has 0 atom stereocenters. The Labute approximate surface area is 534 Å². The van der Waals surface area contributed by atoms with Crippen LogP contribution in [0.25, 0.3) is 0 Å². The molecule has 20 nitrogen and oxygen atoms in total. The molecule has 0 aromatic heterocycles. The lowest BCUT2D eigenvalue weighted by atomic mass is 9.82. The Bertz CT molecular complexity index is 3970. The van der Waals surface area contributed by atoms with Gasteiger partial charge in [-0.15, -0.1) is 0 Å². The predicted octanol–water partition coefficient (Wildman–Crippen LogP) is 9.53. The van der Waals surface area contributed by atoms with E-state index in [1.165, 1.54) is 97.1 Å². The van der Waals surface area contributed by atoms with Gasteiger partial charge in [0.05, 0.1) is 54.1 Å². The minimum atomic E-state index is -4.68. The maximum absolute atomic E-state index is 14.4. The minimum absolute atomic E-state index is 0.138. The molecule has 0 amide bonds. The Kier molecular flexibility index (Phi) is 20.1. The zero-order chi connectivity index (χ0) is 66.5. The lowest BCUT2D eigenvalue weighted by Gasteiger charge is -2.24. The molecule has 8 aromatic carbocycles. The third-order valence-electron chi connectivity index (χ3n) is 15.4. The Morgan fingerprint density at radius 2 is 0.435 bits per heavy atom. The number of carbonyl (C=O) groups is 4. The van der Waals surface area contributed by atoms with E-state index in [-0.39, 0.29) is 109 Å². The van der Waals surface area contributed by atoms with Gasteiger partial charge < -0.3 is 35.7 Å². The molecule has 0 saturated carbocycles. The number of carbonyl (C=O) groups excluding carboxylic acids is 4. The number of hydrogen-bond donors (Lipinski definition) is 0. The molecule has 1 aliphatic rings. The fraction of sp³-hybridized carbons (Fsp3) is 0.235. The molecule has 1 aliphatic carbocycles. The van der Waals surface area contributed by atoms with Gasteiger partial charge in [0.2, 0.25) is 0 Å². The quantitative estimate of drug-likeness (QED) is 0.0390. The topological polar surface area (TPSA) is 279 Å². The SMILES string of the molecule is COC(=O)Cc1c2cc(OS(=O)(=O)c3ccc(C)cc3)cc1Cc1cc(OS(=O)(=O)c3ccc(C)cc3)cc(c1CC(=O)OC)Cc1cc(OS(=O)(=O)c3ccc(C)cc3)cc(c1CC(=O)OC)Cc1cc(OS(=O)(=O)c3ccc(C)cc3)cc(c1CC(=O)OC)C2. The summed E-state index contributed by atoms with van der Waals surface area (Å²) in [5.74, 6) is -4.43. The number of esters is 4. The summed E-state index contributed by atoms with van der Waals surface area (Å²) in [6, 6.07) is 34.1. The van der Waals surface area contributed by atoms with Gasteiger partial charge in [-0.3, -0.25) is 19.2 Å². The molecule has 8 aromatic rings. The van der Waals surface area contributed by atoms with E-state index >= 15 is 0 Å². The summed E-state index contributed by atoms with van der Waals surface area (Å²) in [5.41, 5.74) is 4.80. The van der Waals surface area contributed by atoms with Crippen molar-refractivity contribution in [3.8, 4) is 23.0 Å². The van der Waals surface area contributed by atoms with Crippen LogP contribution in [0.3, 0.4) is 0 Å². The fourth-order valence-corrected chi connectivity index (χ4v) is 14.3. The summed E-state index contributed by atoms with van der Waals surface area (Å²) in [5, 5.41) is 0. The second kappa shape index (κ2) is 27.6. The first-order valence-electron chi connectivity index (χ1n) is 28.5. The van der Waals surface area contributed by atoms with Crippen molar-refractivity contribution >= 4 is 64.3 Å². The first-order chi connectivity index (χ1) is 43.5. The molecule has 0 saturated heterocycles. The van der Waals surface area contributed by atoms with Crippen molar-refractivity contribution in [1.82, 2.24) is 0 Å². The lowest BCUT2D eigenvalue weighted by molar-refractivity contribution is -0.140. The predicted molar refractivity (Wildman–Crippen MR) is 336 cm³/mol. The molecule has 9 rings (SSSR count). The van der Waals surface area contributed by atoms with Crippen LogP contribution < -0.4 is 16.7 Å². The Hall–Kier alpha value is -9.36. The Balaban J connectivity index is 1.43. The van der Waals surface area contributed by atoms with E-state index in [1.807, 2.05) is 0 Å². The zero-order valence-corrected chi connectivity index (χ0v) is 54.6. The van der Waals surface area contributed by atoms with Gasteiger partial charge in [0.15, 0.2) is 0 Å². The molecule has 24 heteroatoms. The van der Waals surface area contributed by atoms with E-state index in [4.69, 9.17) is 35.7 Å². The van der Waals surface area contributed by atoms with Crippen molar-refractivity contribution < 1.29 is 88.5 Å². The van der Waals surface area contributed by atoms with Crippen LogP contribution >= 0.6 is 0 Å². The smallest absolute Gasteiger partial charge is 0.339 e. The third kappa shape index (κ3) is 16.0. The van der Waals surface area contributed by atoms with E-state index in [9.17, 15) is 52.8 Å². The Morgan fingerprint density at radius 3 is 0.576 bits per heavy atom. The van der Waals surface area contributed by atoms with Gasteiger partial charge in [0.1, 0.15) is 42.6 Å². The van der Waals surface area contributed by atoms with E-state index in [1.54, 1.807) is 76.2 Å². The van der Waals surface area contributed by atoms with Crippen molar-refractivity contribution in [3.63, 3.8) is 0 Å². The molecule has 0 spiro atoms.